The largest absolute Gasteiger partial charge is 0.497 e. The summed E-state index contributed by atoms with van der Waals surface area (Å²) in [5.74, 6) is -0.0900. The molecule has 3 aromatic carbocycles. The van der Waals surface area contributed by atoms with Crippen molar-refractivity contribution in [3.8, 4) is 17.0 Å². The highest BCUT2D eigenvalue weighted by Crippen LogP contribution is 2.37. The number of benzene rings is 3. The van der Waals surface area contributed by atoms with Gasteiger partial charge in [-0.2, -0.15) is 0 Å². The second kappa shape index (κ2) is 9.17. The highest BCUT2D eigenvalue weighted by Gasteiger charge is 2.33. The van der Waals surface area contributed by atoms with E-state index in [0.717, 1.165) is 47.5 Å². The van der Waals surface area contributed by atoms with Crippen LogP contribution in [0.15, 0.2) is 66.7 Å². The topological polar surface area (TPSA) is 85.8 Å². The fourth-order valence-electron chi connectivity index (χ4n) is 5.19. The molecule has 1 amide bonds. The number of pyridine rings is 1. The molecule has 2 aliphatic rings. The van der Waals surface area contributed by atoms with Gasteiger partial charge in [-0.25, -0.2) is 9.78 Å². The first kappa shape index (κ1) is 22.9. The molecule has 0 unspecified atom stereocenters. The Morgan fingerprint density at radius 2 is 1.78 bits per heavy atom. The number of nitrogens with zero attached hydrogens (tertiary/aromatic N) is 2. The minimum Gasteiger partial charge on any atom is -0.497 e. The lowest BCUT2D eigenvalue weighted by Gasteiger charge is -2.25. The van der Waals surface area contributed by atoms with Crippen LogP contribution in [0, 0.1) is 0 Å². The number of ether oxygens (including phenoxy) is 2. The van der Waals surface area contributed by atoms with Gasteiger partial charge in [-0.15, -0.1) is 0 Å². The number of carbonyl (C=O) groups excluding carboxylic acids is 3. The lowest BCUT2D eigenvalue weighted by atomic mass is 9.95. The third-order valence-corrected chi connectivity index (χ3v) is 6.99. The number of carbonyl (C=O) groups is 3. The Morgan fingerprint density at radius 3 is 2.59 bits per heavy atom. The molecule has 1 aromatic heterocycles. The molecule has 0 atom stereocenters. The molecule has 0 radical (unpaired) electrons. The number of para-hydroxylation sites is 1. The fourth-order valence-corrected chi connectivity index (χ4v) is 5.19. The number of ketones is 1. The van der Waals surface area contributed by atoms with Gasteiger partial charge in [0.05, 0.1) is 36.0 Å². The third-order valence-electron chi connectivity index (χ3n) is 6.99. The summed E-state index contributed by atoms with van der Waals surface area (Å²) in [7, 11) is 1.60. The molecule has 4 aromatic rings. The van der Waals surface area contributed by atoms with Gasteiger partial charge in [-0.05, 0) is 72.5 Å². The van der Waals surface area contributed by atoms with E-state index >= 15 is 0 Å². The highest BCUT2D eigenvalue weighted by atomic mass is 16.5. The molecule has 0 bridgehead atoms. The molecule has 6 rings (SSSR count). The molecular formula is C30H24N2O5. The van der Waals surface area contributed by atoms with Crippen molar-refractivity contribution in [2.24, 2.45) is 0 Å². The monoisotopic (exact) mass is 492 g/mol. The average Bonchev–Trinajstić information content (AvgIpc) is 3.27. The van der Waals surface area contributed by atoms with Crippen molar-refractivity contribution in [2.75, 3.05) is 25.2 Å². The van der Waals surface area contributed by atoms with Crippen molar-refractivity contribution in [3.05, 3.63) is 89.0 Å². The minimum absolute atomic E-state index is 0.0733. The van der Waals surface area contributed by atoms with Crippen molar-refractivity contribution in [1.29, 1.82) is 0 Å². The Kier molecular flexibility index (Phi) is 5.68. The van der Waals surface area contributed by atoms with Gasteiger partial charge in [0, 0.05) is 23.1 Å². The molecule has 0 saturated carbocycles. The SMILES string of the molecule is COc1ccc(-c2cc(C(=O)OCC(=O)c3cc4c5c(c3)CC(=O)N5CCC4)c3ccccc3n2)cc1. The molecule has 3 heterocycles. The van der Waals surface area contributed by atoms with Gasteiger partial charge in [-0.1, -0.05) is 18.2 Å². The van der Waals surface area contributed by atoms with E-state index in [1.54, 1.807) is 19.2 Å². The Bertz CT molecular complexity index is 1580. The van der Waals surface area contributed by atoms with E-state index in [1.165, 1.54) is 0 Å². The molecule has 0 fully saturated rings. The van der Waals surface area contributed by atoms with Crippen LogP contribution in [0.25, 0.3) is 22.2 Å². The Balaban J connectivity index is 1.26. The zero-order chi connectivity index (χ0) is 25.5. The lowest BCUT2D eigenvalue weighted by Crippen LogP contribution is -2.31. The number of methoxy groups -OCH3 is 1. The summed E-state index contributed by atoms with van der Waals surface area (Å²) in [4.78, 5) is 45.1. The van der Waals surface area contributed by atoms with Gasteiger partial charge in [0.1, 0.15) is 5.75 Å². The number of hydrogen-bond donors (Lipinski definition) is 0. The Labute approximate surface area is 213 Å². The van der Waals surface area contributed by atoms with Crippen LogP contribution in [0.2, 0.25) is 0 Å². The zero-order valence-corrected chi connectivity index (χ0v) is 20.3. The van der Waals surface area contributed by atoms with Crippen molar-refractivity contribution in [3.63, 3.8) is 0 Å². The van der Waals surface area contributed by atoms with E-state index in [1.807, 2.05) is 59.5 Å². The smallest absolute Gasteiger partial charge is 0.339 e. The Hall–Kier alpha value is -4.52. The lowest BCUT2D eigenvalue weighted by molar-refractivity contribution is -0.117. The zero-order valence-electron chi connectivity index (χ0n) is 20.3. The minimum atomic E-state index is -0.592. The maximum absolute atomic E-state index is 13.2. The average molecular weight is 493 g/mol. The van der Waals surface area contributed by atoms with Crippen molar-refractivity contribution in [2.45, 2.75) is 19.3 Å². The summed E-state index contributed by atoms with van der Waals surface area (Å²) in [5.41, 5.74) is 5.75. The predicted octanol–water partition coefficient (Wildman–Crippen LogP) is 4.79. The van der Waals surface area contributed by atoms with Gasteiger partial charge < -0.3 is 14.4 Å². The summed E-state index contributed by atoms with van der Waals surface area (Å²) in [6, 6.07) is 20.1. The standard InChI is InChI=1S/C30H24N2O5/c1-36-22-10-8-18(9-11-22)26-16-24(23-6-2-3-7-25(23)31-26)30(35)37-17-27(33)20-13-19-5-4-12-32-28(34)15-21(14-20)29(19)32/h2-3,6-11,13-14,16H,4-5,12,15,17H2,1H3. The van der Waals surface area contributed by atoms with Crippen LogP contribution in [0.3, 0.4) is 0 Å². The number of aryl methyl sites for hydroxylation is 1. The summed E-state index contributed by atoms with van der Waals surface area (Å²) >= 11 is 0. The van der Waals surface area contributed by atoms with Gasteiger partial charge in [-0.3, -0.25) is 9.59 Å². The predicted molar refractivity (Wildman–Crippen MR) is 139 cm³/mol. The van der Waals surface area contributed by atoms with Crippen LogP contribution >= 0.6 is 0 Å². The van der Waals surface area contributed by atoms with Crippen LogP contribution < -0.4 is 9.64 Å². The normalized spacial score (nSPS) is 14.0. The first-order valence-corrected chi connectivity index (χ1v) is 12.2. The van der Waals surface area contributed by atoms with Crippen molar-refractivity contribution < 1.29 is 23.9 Å². The number of esters is 1. The molecule has 0 spiro atoms. The van der Waals surface area contributed by atoms with E-state index in [9.17, 15) is 14.4 Å². The maximum atomic E-state index is 13.2. The summed E-state index contributed by atoms with van der Waals surface area (Å²) in [6.45, 7) is 0.339. The molecule has 37 heavy (non-hydrogen) atoms. The van der Waals surface area contributed by atoms with E-state index in [4.69, 9.17) is 14.5 Å². The number of fused-ring (bicyclic) bond motifs is 1. The summed E-state index contributed by atoms with van der Waals surface area (Å²) in [5, 5.41) is 0.651. The van der Waals surface area contributed by atoms with Gasteiger partial charge in [0.15, 0.2) is 12.4 Å². The van der Waals surface area contributed by atoms with Crippen molar-refractivity contribution in [1.82, 2.24) is 4.98 Å². The molecule has 184 valence electrons. The Morgan fingerprint density at radius 1 is 1.00 bits per heavy atom. The van der Waals surface area contributed by atoms with Crippen molar-refractivity contribution >= 4 is 34.3 Å². The molecule has 0 aliphatic carbocycles. The summed E-state index contributed by atoms with van der Waals surface area (Å²) in [6.07, 6.45) is 2.00. The maximum Gasteiger partial charge on any atom is 0.339 e. The number of anilines is 1. The van der Waals surface area contributed by atoms with Gasteiger partial charge >= 0.3 is 5.97 Å². The number of amides is 1. The van der Waals surface area contributed by atoms with E-state index < -0.39 is 5.97 Å². The van der Waals surface area contributed by atoms with Crippen LogP contribution in [0.4, 0.5) is 5.69 Å². The second-order valence-corrected chi connectivity index (χ2v) is 9.27. The second-order valence-electron chi connectivity index (χ2n) is 9.27. The molecule has 0 saturated heterocycles. The molecule has 7 nitrogen and oxygen atoms in total. The number of hydrogen-bond acceptors (Lipinski definition) is 6. The van der Waals surface area contributed by atoms with E-state index in [2.05, 4.69) is 0 Å². The first-order chi connectivity index (χ1) is 18.0. The number of Topliss-reactive ketones (excluding diaryl/α,β-unsaturated/α-hetero) is 1. The van der Waals surface area contributed by atoms with Gasteiger partial charge in [0.25, 0.3) is 0 Å². The van der Waals surface area contributed by atoms with Crippen LogP contribution in [-0.4, -0.2) is 42.9 Å². The van der Waals surface area contributed by atoms with Crippen LogP contribution in [-0.2, 0) is 22.4 Å². The number of aromatic nitrogens is 1. The first-order valence-electron chi connectivity index (χ1n) is 12.2. The van der Waals surface area contributed by atoms with Crippen LogP contribution in [0.5, 0.6) is 5.75 Å². The molecule has 2 aliphatic heterocycles. The molecule has 0 N–H and O–H groups in total. The molecular weight excluding hydrogens is 468 g/mol. The van der Waals surface area contributed by atoms with E-state index in [-0.39, 0.29) is 18.3 Å². The third kappa shape index (κ3) is 4.12. The van der Waals surface area contributed by atoms with Crippen LogP contribution in [0.1, 0.15) is 38.3 Å². The number of rotatable bonds is 6. The van der Waals surface area contributed by atoms with E-state index in [0.29, 0.717) is 34.1 Å². The fraction of sp³-hybridized carbons (Fsp3) is 0.200. The summed E-state index contributed by atoms with van der Waals surface area (Å²) < 4.78 is 10.8. The molecule has 7 heteroatoms. The highest BCUT2D eigenvalue weighted by molar-refractivity contribution is 6.07. The van der Waals surface area contributed by atoms with Gasteiger partial charge in [0.2, 0.25) is 5.91 Å². The quantitative estimate of drug-likeness (QED) is 0.284.